The van der Waals surface area contributed by atoms with E-state index in [4.69, 9.17) is 17.0 Å². The molecule has 0 spiro atoms. The van der Waals surface area contributed by atoms with Crippen molar-refractivity contribution >= 4 is 23.0 Å². The summed E-state index contributed by atoms with van der Waals surface area (Å²) in [4.78, 5) is 0. The van der Waals surface area contributed by atoms with E-state index in [1.54, 1.807) is 0 Å². The molecule has 0 aromatic heterocycles. The number of nitrogens with zero attached hydrogens (tertiary/aromatic N) is 1. The molecule has 0 unspecified atom stereocenters. The van der Waals surface area contributed by atoms with E-state index < -0.39 is 0 Å². The van der Waals surface area contributed by atoms with Crippen molar-refractivity contribution in [1.82, 2.24) is 10.7 Å². The Morgan fingerprint density at radius 2 is 1.73 bits per heavy atom. The Hall–Kier alpha value is -2.24. The van der Waals surface area contributed by atoms with E-state index in [0.29, 0.717) is 5.11 Å². The highest BCUT2D eigenvalue weighted by atomic mass is 32.1. The van der Waals surface area contributed by atoms with Gasteiger partial charge in [-0.05, 0) is 43.1 Å². The third kappa shape index (κ3) is 5.13. The molecule has 0 saturated carbocycles. The normalized spacial score (nSPS) is 17.3. The average Bonchev–Trinajstić information content (AvgIpc) is 3.20. The molecule has 1 fully saturated rings. The molecule has 0 amide bonds. The SMILES string of the molecule is C/C(=N/NC(=S)NC[C@H]1CCCO1)C(c1ccccc1)c1ccccc1. The summed E-state index contributed by atoms with van der Waals surface area (Å²) in [7, 11) is 0. The molecular weight excluding hydrogens is 342 g/mol. The fraction of sp³-hybridized carbons (Fsp3) is 0.333. The van der Waals surface area contributed by atoms with Crippen molar-refractivity contribution in [2.75, 3.05) is 13.2 Å². The van der Waals surface area contributed by atoms with Gasteiger partial charge in [0.2, 0.25) is 0 Å². The summed E-state index contributed by atoms with van der Waals surface area (Å²) >= 11 is 5.34. The molecule has 1 saturated heterocycles. The summed E-state index contributed by atoms with van der Waals surface area (Å²) < 4.78 is 5.60. The predicted molar refractivity (Wildman–Crippen MR) is 111 cm³/mol. The highest BCUT2D eigenvalue weighted by Crippen LogP contribution is 2.25. The Bertz CT molecular complexity index is 688. The van der Waals surface area contributed by atoms with Crippen molar-refractivity contribution in [2.45, 2.75) is 31.8 Å². The van der Waals surface area contributed by atoms with E-state index >= 15 is 0 Å². The van der Waals surface area contributed by atoms with Gasteiger partial charge in [0.15, 0.2) is 5.11 Å². The van der Waals surface area contributed by atoms with Gasteiger partial charge in [0.05, 0.1) is 6.10 Å². The number of ether oxygens (including phenoxy) is 1. The van der Waals surface area contributed by atoms with Gasteiger partial charge in [0.1, 0.15) is 0 Å². The Kier molecular flexibility index (Phi) is 6.75. The minimum absolute atomic E-state index is 0.0888. The Balaban J connectivity index is 1.67. The molecule has 2 aromatic carbocycles. The Morgan fingerprint density at radius 3 is 2.27 bits per heavy atom. The summed E-state index contributed by atoms with van der Waals surface area (Å²) in [5.74, 6) is 0.0888. The lowest BCUT2D eigenvalue weighted by atomic mass is 9.88. The number of rotatable bonds is 6. The zero-order valence-electron chi connectivity index (χ0n) is 15.0. The first-order valence-electron chi connectivity index (χ1n) is 9.03. The molecule has 0 aliphatic carbocycles. The van der Waals surface area contributed by atoms with Gasteiger partial charge >= 0.3 is 0 Å². The Labute approximate surface area is 160 Å². The zero-order valence-corrected chi connectivity index (χ0v) is 15.8. The number of hydrogen-bond acceptors (Lipinski definition) is 3. The van der Waals surface area contributed by atoms with E-state index in [9.17, 15) is 0 Å². The number of nitrogens with one attached hydrogen (secondary N) is 2. The van der Waals surface area contributed by atoms with Crippen LogP contribution in [0.4, 0.5) is 0 Å². The van der Waals surface area contributed by atoms with Crippen LogP contribution in [0.1, 0.15) is 36.8 Å². The fourth-order valence-electron chi connectivity index (χ4n) is 3.22. The molecule has 1 heterocycles. The molecular formula is C21H25N3OS. The maximum absolute atomic E-state index is 5.60. The molecule has 3 rings (SSSR count). The first-order chi connectivity index (χ1) is 12.7. The minimum atomic E-state index is 0.0888. The molecule has 5 heteroatoms. The molecule has 136 valence electrons. The molecule has 4 nitrogen and oxygen atoms in total. The number of hydrazone groups is 1. The van der Waals surface area contributed by atoms with Crippen LogP contribution in [0.15, 0.2) is 65.8 Å². The van der Waals surface area contributed by atoms with Gasteiger partial charge in [-0.15, -0.1) is 0 Å². The van der Waals surface area contributed by atoms with E-state index in [1.165, 1.54) is 11.1 Å². The molecule has 1 atom stereocenters. The van der Waals surface area contributed by atoms with Crippen LogP contribution in [-0.4, -0.2) is 30.1 Å². The zero-order chi connectivity index (χ0) is 18.2. The second kappa shape index (κ2) is 9.46. The lowest BCUT2D eigenvalue weighted by molar-refractivity contribution is 0.114. The molecule has 2 N–H and O–H groups in total. The van der Waals surface area contributed by atoms with Crippen molar-refractivity contribution in [2.24, 2.45) is 5.10 Å². The van der Waals surface area contributed by atoms with Crippen molar-refractivity contribution in [3.63, 3.8) is 0 Å². The predicted octanol–water partition coefficient (Wildman–Crippen LogP) is 3.84. The van der Waals surface area contributed by atoms with Gasteiger partial charge in [-0.25, -0.2) is 0 Å². The third-order valence-corrected chi connectivity index (χ3v) is 4.77. The van der Waals surface area contributed by atoms with E-state index in [0.717, 1.165) is 31.7 Å². The average molecular weight is 368 g/mol. The first-order valence-corrected chi connectivity index (χ1v) is 9.44. The van der Waals surface area contributed by atoms with E-state index in [1.807, 2.05) is 19.1 Å². The summed E-state index contributed by atoms with van der Waals surface area (Å²) in [6, 6.07) is 20.8. The molecule has 26 heavy (non-hydrogen) atoms. The van der Waals surface area contributed by atoms with Crippen molar-refractivity contribution < 1.29 is 4.74 Å². The van der Waals surface area contributed by atoms with Crippen LogP contribution in [0.5, 0.6) is 0 Å². The van der Waals surface area contributed by atoms with Crippen LogP contribution < -0.4 is 10.7 Å². The van der Waals surface area contributed by atoms with Gasteiger partial charge in [-0.1, -0.05) is 60.7 Å². The quantitative estimate of drug-likeness (QED) is 0.463. The van der Waals surface area contributed by atoms with Crippen LogP contribution >= 0.6 is 12.2 Å². The number of benzene rings is 2. The fourth-order valence-corrected chi connectivity index (χ4v) is 3.35. The maximum atomic E-state index is 5.60. The maximum Gasteiger partial charge on any atom is 0.187 e. The van der Waals surface area contributed by atoms with Gasteiger partial charge in [-0.3, -0.25) is 5.43 Å². The highest BCUT2D eigenvalue weighted by molar-refractivity contribution is 7.80. The van der Waals surface area contributed by atoms with Gasteiger partial charge in [0.25, 0.3) is 0 Å². The second-order valence-electron chi connectivity index (χ2n) is 6.46. The smallest absolute Gasteiger partial charge is 0.187 e. The molecule has 0 bridgehead atoms. The number of hydrogen-bond donors (Lipinski definition) is 2. The van der Waals surface area contributed by atoms with Crippen LogP contribution in [0.25, 0.3) is 0 Å². The molecule has 2 aromatic rings. The first kappa shape index (κ1) is 18.5. The van der Waals surface area contributed by atoms with E-state index in [-0.39, 0.29) is 12.0 Å². The van der Waals surface area contributed by atoms with Crippen molar-refractivity contribution in [3.05, 3.63) is 71.8 Å². The van der Waals surface area contributed by atoms with Crippen LogP contribution in [0, 0.1) is 0 Å². The summed E-state index contributed by atoms with van der Waals surface area (Å²) in [5.41, 5.74) is 6.36. The van der Waals surface area contributed by atoms with Gasteiger partial charge < -0.3 is 10.1 Å². The van der Waals surface area contributed by atoms with Crippen molar-refractivity contribution in [1.29, 1.82) is 0 Å². The summed E-state index contributed by atoms with van der Waals surface area (Å²) in [6.45, 7) is 3.60. The van der Waals surface area contributed by atoms with Crippen LogP contribution in [0.2, 0.25) is 0 Å². The second-order valence-corrected chi connectivity index (χ2v) is 6.87. The van der Waals surface area contributed by atoms with E-state index in [2.05, 4.69) is 64.4 Å². The van der Waals surface area contributed by atoms with Gasteiger partial charge in [-0.2, -0.15) is 5.10 Å². The van der Waals surface area contributed by atoms with Crippen LogP contribution in [0.3, 0.4) is 0 Å². The molecule has 1 aliphatic rings. The number of thiocarbonyl (C=S) groups is 1. The monoisotopic (exact) mass is 367 g/mol. The summed E-state index contributed by atoms with van der Waals surface area (Å²) in [5, 5.41) is 8.26. The largest absolute Gasteiger partial charge is 0.376 e. The standard InChI is InChI=1S/C21H25N3OS/c1-16(23-24-21(26)22-15-19-13-8-14-25-19)20(17-9-4-2-5-10-17)18-11-6-3-7-12-18/h2-7,9-12,19-20H,8,13-15H2,1H3,(H2,22,24,26)/b23-16-/t19-/m1/s1. The molecule has 1 aliphatic heterocycles. The van der Waals surface area contributed by atoms with Gasteiger partial charge in [0, 0.05) is 24.8 Å². The highest BCUT2D eigenvalue weighted by Gasteiger charge is 2.18. The minimum Gasteiger partial charge on any atom is -0.376 e. The summed E-state index contributed by atoms with van der Waals surface area (Å²) in [6.07, 6.45) is 2.46. The molecule has 0 radical (unpaired) electrons. The lowest BCUT2D eigenvalue weighted by Crippen LogP contribution is -2.37. The lowest BCUT2D eigenvalue weighted by Gasteiger charge is -2.18. The third-order valence-electron chi connectivity index (χ3n) is 4.53. The Morgan fingerprint density at radius 1 is 1.12 bits per heavy atom. The van der Waals surface area contributed by atoms with Crippen LogP contribution in [-0.2, 0) is 4.74 Å². The topological polar surface area (TPSA) is 45.7 Å². The van der Waals surface area contributed by atoms with Crippen molar-refractivity contribution in [3.8, 4) is 0 Å².